The highest BCUT2D eigenvalue weighted by Crippen LogP contribution is 2.46. The average molecular weight is 391 g/mol. The van der Waals surface area contributed by atoms with Crippen molar-refractivity contribution in [2.75, 3.05) is 6.61 Å². The van der Waals surface area contributed by atoms with Crippen molar-refractivity contribution in [3.05, 3.63) is 35.9 Å². The second kappa shape index (κ2) is 8.58. The number of aldehydes is 1. The third-order valence-electron chi connectivity index (χ3n) is 6.34. The van der Waals surface area contributed by atoms with Crippen LogP contribution in [0.5, 0.6) is 0 Å². The van der Waals surface area contributed by atoms with E-state index in [1.807, 2.05) is 18.2 Å². The molecule has 0 saturated heterocycles. The molecule has 1 aromatic carbocycles. The van der Waals surface area contributed by atoms with Crippen LogP contribution >= 0.6 is 0 Å². The molecule has 3 atom stereocenters. The average Bonchev–Trinajstić information content (AvgIpc) is 2.56. The van der Waals surface area contributed by atoms with E-state index in [1.54, 1.807) is 0 Å². The Kier molecular flexibility index (Phi) is 7.09. The third-order valence-corrected chi connectivity index (χ3v) is 10.8. The summed E-state index contributed by atoms with van der Waals surface area (Å²) in [4.78, 5) is 11.9. The van der Waals surface area contributed by atoms with Crippen molar-refractivity contribution < 1.29 is 14.0 Å². The minimum absolute atomic E-state index is 0.0350. The molecule has 1 aromatic rings. The van der Waals surface area contributed by atoms with Crippen LogP contribution < -0.4 is 0 Å². The number of hydrogen-bond acceptors (Lipinski definition) is 3. The van der Waals surface area contributed by atoms with Gasteiger partial charge in [0.25, 0.3) is 0 Å². The van der Waals surface area contributed by atoms with E-state index in [0.717, 1.165) is 19.1 Å². The first-order valence-corrected chi connectivity index (χ1v) is 13.1. The monoisotopic (exact) mass is 390 g/mol. The highest BCUT2D eigenvalue weighted by atomic mass is 28.4. The number of carbonyl (C=O) groups is 1. The van der Waals surface area contributed by atoms with Gasteiger partial charge in [-0.2, -0.15) is 0 Å². The second-order valence-electron chi connectivity index (χ2n) is 10.5. The van der Waals surface area contributed by atoms with Gasteiger partial charge >= 0.3 is 0 Å². The number of rotatable bonds is 7. The first-order chi connectivity index (χ1) is 12.5. The molecule has 0 spiro atoms. The number of benzene rings is 1. The van der Waals surface area contributed by atoms with E-state index in [2.05, 4.69) is 59.8 Å². The van der Waals surface area contributed by atoms with Crippen molar-refractivity contribution in [1.82, 2.24) is 0 Å². The zero-order valence-electron chi connectivity index (χ0n) is 18.2. The van der Waals surface area contributed by atoms with Crippen molar-refractivity contribution in [1.29, 1.82) is 0 Å². The lowest BCUT2D eigenvalue weighted by Crippen LogP contribution is -2.52. The molecule has 1 fully saturated rings. The zero-order chi connectivity index (χ0) is 20.3. The van der Waals surface area contributed by atoms with Gasteiger partial charge in [-0.15, -0.1) is 0 Å². The molecular formula is C23H38O3Si. The lowest BCUT2D eigenvalue weighted by atomic mass is 9.66. The molecule has 0 aliphatic heterocycles. The van der Waals surface area contributed by atoms with Crippen LogP contribution in [0, 0.1) is 17.3 Å². The number of ether oxygens (including phenoxy) is 1. The van der Waals surface area contributed by atoms with Crippen molar-refractivity contribution in [2.24, 2.45) is 17.3 Å². The Balaban J connectivity index is 2.13. The maximum absolute atomic E-state index is 11.9. The van der Waals surface area contributed by atoms with Crippen LogP contribution in [0.2, 0.25) is 18.1 Å². The molecule has 27 heavy (non-hydrogen) atoms. The van der Waals surface area contributed by atoms with E-state index in [4.69, 9.17) is 9.16 Å². The molecule has 2 rings (SSSR count). The molecule has 1 aliphatic carbocycles. The summed E-state index contributed by atoms with van der Waals surface area (Å²) in [6, 6.07) is 10.3. The van der Waals surface area contributed by atoms with Gasteiger partial charge in [-0.05, 0) is 42.0 Å². The van der Waals surface area contributed by atoms with Crippen LogP contribution in [-0.2, 0) is 20.6 Å². The molecule has 0 heterocycles. The summed E-state index contributed by atoms with van der Waals surface area (Å²) in [6.45, 7) is 17.1. The normalized spacial score (nSPS) is 26.0. The molecular weight excluding hydrogens is 352 g/mol. The molecule has 0 N–H and O–H groups in total. The van der Waals surface area contributed by atoms with E-state index < -0.39 is 8.32 Å². The predicted octanol–water partition coefficient (Wildman–Crippen LogP) is 5.84. The molecule has 3 nitrogen and oxygen atoms in total. The summed E-state index contributed by atoms with van der Waals surface area (Å²) in [5, 5.41) is 0.128. The molecule has 0 unspecified atom stereocenters. The Hall–Kier alpha value is -0.973. The molecule has 4 heteroatoms. The Morgan fingerprint density at radius 2 is 1.78 bits per heavy atom. The van der Waals surface area contributed by atoms with Crippen molar-refractivity contribution in [2.45, 2.75) is 78.3 Å². The van der Waals surface area contributed by atoms with Crippen molar-refractivity contribution >= 4 is 14.6 Å². The van der Waals surface area contributed by atoms with Gasteiger partial charge in [0.15, 0.2) is 8.32 Å². The highest BCUT2D eigenvalue weighted by molar-refractivity contribution is 6.74. The number of carbonyl (C=O) groups excluding carboxylic acids is 1. The van der Waals surface area contributed by atoms with Crippen LogP contribution in [0.25, 0.3) is 0 Å². The lowest BCUT2D eigenvalue weighted by Gasteiger charge is -2.48. The number of hydrogen-bond donors (Lipinski definition) is 0. The van der Waals surface area contributed by atoms with Crippen LogP contribution in [-0.4, -0.2) is 27.3 Å². The maximum atomic E-state index is 11.9. The fraction of sp³-hybridized carbons (Fsp3) is 0.696. The van der Waals surface area contributed by atoms with Gasteiger partial charge in [-0.1, -0.05) is 65.0 Å². The van der Waals surface area contributed by atoms with E-state index in [-0.39, 0.29) is 28.4 Å². The first-order valence-electron chi connectivity index (χ1n) is 10.2. The fourth-order valence-corrected chi connectivity index (χ4v) is 5.30. The van der Waals surface area contributed by atoms with Gasteiger partial charge in [0, 0.05) is 11.8 Å². The standard InChI is InChI=1S/C23H38O3Si/c1-22(2,3)27(6,7)26-21-19(15-24)13-23(4,5)14-20(21)17-25-16-18-11-9-8-10-12-18/h8-12,15,19-21H,13-14,16-17H2,1-7H3/t19-,20+,21-/m0/s1. The molecule has 1 saturated carbocycles. The van der Waals surface area contributed by atoms with Crippen molar-refractivity contribution in [3.8, 4) is 0 Å². The van der Waals surface area contributed by atoms with Gasteiger partial charge < -0.3 is 14.0 Å². The summed E-state index contributed by atoms with van der Waals surface area (Å²) in [5.74, 6) is 0.204. The molecule has 0 aromatic heterocycles. The first kappa shape index (κ1) is 22.3. The van der Waals surface area contributed by atoms with Gasteiger partial charge in [0.05, 0.1) is 19.3 Å². The molecule has 0 bridgehead atoms. The summed E-state index contributed by atoms with van der Waals surface area (Å²) < 4.78 is 12.9. The quantitative estimate of drug-likeness (QED) is 0.433. The van der Waals surface area contributed by atoms with E-state index in [1.165, 1.54) is 5.56 Å². The zero-order valence-corrected chi connectivity index (χ0v) is 19.2. The largest absolute Gasteiger partial charge is 0.413 e. The minimum atomic E-state index is -1.96. The molecule has 0 radical (unpaired) electrons. The summed E-state index contributed by atoms with van der Waals surface area (Å²) in [5.41, 5.74) is 1.32. The maximum Gasteiger partial charge on any atom is 0.192 e. The SMILES string of the molecule is CC1(C)C[C@H](COCc2ccccc2)[C@@H](O[Si](C)(C)C(C)(C)C)[C@H](C=O)C1. The van der Waals surface area contributed by atoms with Gasteiger partial charge in [0.1, 0.15) is 6.29 Å². The summed E-state index contributed by atoms with van der Waals surface area (Å²) in [7, 11) is -1.96. The predicted molar refractivity (Wildman–Crippen MR) is 114 cm³/mol. The van der Waals surface area contributed by atoms with E-state index in [0.29, 0.717) is 13.2 Å². The Labute approximate surface area is 167 Å². The van der Waals surface area contributed by atoms with Crippen LogP contribution in [0.4, 0.5) is 0 Å². The summed E-state index contributed by atoms with van der Waals surface area (Å²) in [6.07, 6.45) is 3.02. The van der Waals surface area contributed by atoms with Gasteiger partial charge in [-0.3, -0.25) is 0 Å². The van der Waals surface area contributed by atoms with E-state index >= 15 is 0 Å². The van der Waals surface area contributed by atoms with Crippen LogP contribution in [0.3, 0.4) is 0 Å². The lowest BCUT2D eigenvalue weighted by molar-refractivity contribution is -0.122. The molecule has 1 aliphatic rings. The van der Waals surface area contributed by atoms with Gasteiger partial charge in [0.2, 0.25) is 0 Å². The molecule has 0 amide bonds. The van der Waals surface area contributed by atoms with Crippen molar-refractivity contribution in [3.63, 3.8) is 0 Å². The minimum Gasteiger partial charge on any atom is -0.413 e. The van der Waals surface area contributed by atoms with Crippen LogP contribution in [0.1, 0.15) is 53.0 Å². The third kappa shape index (κ3) is 6.00. The Morgan fingerprint density at radius 1 is 1.15 bits per heavy atom. The Bertz CT molecular complexity index is 604. The van der Waals surface area contributed by atoms with Crippen LogP contribution in [0.15, 0.2) is 30.3 Å². The smallest absolute Gasteiger partial charge is 0.192 e. The Morgan fingerprint density at radius 3 is 2.33 bits per heavy atom. The fourth-order valence-electron chi connectivity index (χ4n) is 3.90. The topological polar surface area (TPSA) is 35.5 Å². The summed E-state index contributed by atoms with van der Waals surface area (Å²) >= 11 is 0. The van der Waals surface area contributed by atoms with E-state index in [9.17, 15) is 4.79 Å². The molecule has 152 valence electrons. The van der Waals surface area contributed by atoms with Gasteiger partial charge in [-0.25, -0.2) is 0 Å². The second-order valence-corrected chi connectivity index (χ2v) is 15.2. The highest BCUT2D eigenvalue weighted by Gasteiger charge is 2.47.